The summed E-state index contributed by atoms with van der Waals surface area (Å²) in [5, 5.41) is 4.09. The molecule has 1 aliphatic heterocycles. The second-order valence-corrected chi connectivity index (χ2v) is 6.81. The van der Waals surface area contributed by atoms with E-state index >= 15 is 0 Å². The molecule has 1 aliphatic rings. The Bertz CT molecular complexity index is 613. The highest BCUT2D eigenvalue weighted by molar-refractivity contribution is 9.10. The maximum Gasteiger partial charge on any atom is 0.240 e. The molecule has 0 bridgehead atoms. The normalized spacial score (nSPS) is 18.9. The molecule has 22 heavy (non-hydrogen) atoms. The topological polar surface area (TPSA) is 42.2 Å². The number of aryl methyl sites for hydroxylation is 1. The lowest BCUT2D eigenvalue weighted by atomic mass is 10.0. The summed E-state index contributed by atoms with van der Waals surface area (Å²) in [6, 6.07) is 9.03. The number of unbranched alkanes of at least 4 members (excludes halogenated alkanes) is 1. The summed E-state index contributed by atoms with van der Waals surface area (Å²) < 4.78 is 6.56. The van der Waals surface area contributed by atoms with Gasteiger partial charge in [-0.1, -0.05) is 46.6 Å². The Balaban J connectivity index is 1.67. The summed E-state index contributed by atoms with van der Waals surface area (Å²) in [6.45, 7) is 4.01. The van der Waals surface area contributed by atoms with E-state index in [1.54, 1.807) is 0 Å². The van der Waals surface area contributed by atoms with Gasteiger partial charge in [-0.15, -0.1) is 0 Å². The fourth-order valence-corrected chi connectivity index (χ4v) is 3.49. The predicted molar refractivity (Wildman–Crippen MR) is 89.4 cm³/mol. The van der Waals surface area contributed by atoms with Crippen molar-refractivity contribution in [1.29, 1.82) is 0 Å². The molecule has 4 nitrogen and oxygen atoms in total. The summed E-state index contributed by atoms with van der Waals surface area (Å²) in [5.41, 5.74) is 1.36. The summed E-state index contributed by atoms with van der Waals surface area (Å²) >= 11 is 3.56. The van der Waals surface area contributed by atoms with Gasteiger partial charge in [-0.25, -0.2) is 0 Å². The van der Waals surface area contributed by atoms with Crippen LogP contribution in [0.5, 0.6) is 0 Å². The van der Waals surface area contributed by atoms with Crippen LogP contribution < -0.4 is 0 Å². The minimum atomic E-state index is 0.448. The molecule has 0 amide bonds. The van der Waals surface area contributed by atoms with Gasteiger partial charge in [-0.3, -0.25) is 4.90 Å². The smallest absolute Gasteiger partial charge is 0.240 e. The first-order valence-electron chi connectivity index (χ1n) is 8.07. The third kappa shape index (κ3) is 3.76. The molecule has 1 saturated heterocycles. The molecule has 0 N–H and O–H groups in total. The maximum atomic E-state index is 5.42. The van der Waals surface area contributed by atoms with E-state index in [0.717, 1.165) is 48.5 Å². The summed E-state index contributed by atoms with van der Waals surface area (Å²) in [5.74, 6) is 1.59. The zero-order chi connectivity index (χ0) is 15.4. The SMILES string of the molecule is CCCCc1noc(CN2CCCC2c2cccc(Br)c2)n1. The van der Waals surface area contributed by atoms with Gasteiger partial charge in [0.2, 0.25) is 5.89 Å². The molecule has 1 unspecified atom stereocenters. The highest BCUT2D eigenvalue weighted by Gasteiger charge is 2.27. The van der Waals surface area contributed by atoms with E-state index in [9.17, 15) is 0 Å². The minimum absolute atomic E-state index is 0.448. The van der Waals surface area contributed by atoms with Crippen LogP contribution in [0.4, 0.5) is 0 Å². The Morgan fingerprint density at radius 1 is 1.41 bits per heavy atom. The largest absolute Gasteiger partial charge is 0.338 e. The molecular weight excluding hydrogens is 342 g/mol. The third-order valence-electron chi connectivity index (χ3n) is 4.20. The number of rotatable bonds is 6. The standard InChI is InChI=1S/C17H22BrN3O/c1-2-3-9-16-19-17(22-20-16)12-21-10-5-8-15(21)13-6-4-7-14(18)11-13/h4,6-7,11,15H,2-3,5,8-10,12H2,1H3. The van der Waals surface area contributed by atoms with Crippen molar-refractivity contribution in [1.82, 2.24) is 15.0 Å². The Morgan fingerprint density at radius 3 is 3.14 bits per heavy atom. The summed E-state index contributed by atoms with van der Waals surface area (Å²) in [4.78, 5) is 6.97. The van der Waals surface area contributed by atoms with Gasteiger partial charge < -0.3 is 4.52 Å². The van der Waals surface area contributed by atoms with Crippen LogP contribution in [0.1, 0.15) is 55.9 Å². The van der Waals surface area contributed by atoms with Crippen LogP contribution in [0, 0.1) is 0 Å². The molecule has 0 saturated carbocycles. The van der Waals surface area contributed by atoms with Crippen molar-refractivity contribution in [2.45, 2.75) is 51.6 Å². The molecule has 5 heteroatoms. The lowest BCUT2D eigenvalue weighted by molar-refractivity contribution is 0.212. The van der Waals surface area contributed by atoms with Gasteiger partial charge >= 0.3 is 0 Å². The average molecular weight is 364 g/mol. The van der Waals surface area contributed by atoms with Crippen molar-refractivity contribution >= 4 is 15.9 Å². The summed E-state index contributed by atoms with van der Waals surface area (Å²) in [6.07, 6.45) is 5.58. The first-order chi connectivity index (χ1) is 10.8. The highest BCUT2D eigenvalue weighted by atomic mass is 79.9. The average Bonchev–Trinajstić information content (AvgIpc) is 3.15. The third-order valence-corrected chi connectivity index (χ3v) is 4.69. The molecule has 2 aromatic rings. The second kappa shape index (κ2) is 7.38. The van der Waals surface area contributed by atoms with E-state index in [4.69, 9.17) is 4.52 Å². The van der Waals surface area contributed by atoms with Crippen molar-refractivity contribution in [3.05, 3.63) is 46.0 Å². The van der Waals surface area contributed by atoms with Crippen molar-refractivity contribution < 1.29 is 4.52 Å². The van der Waals surface area contributed by atoms with Gasteiger partial charge in [-0.2, -0.15) is 4.98 Å². The van der Waals surface area contributed by atoms with Gasteiger partial charge in [0.05, 0.1) is 6.54 Å². The van der Waals surface area contributed by atoms with Crippen LogP contribution in [-0.2, 0) is 13.0 Å². The highest BCUT2D eigenvalue weighted by Crippen LogP contribution is 2.33. The Hall–Kier alpha value is -1.20. The number of halogens is 1. The molecule has 0 spiro atoms. The lowest BCUT2D eigenvalue weighted by Crippen LogP contribution is -2.23. The zero-order valence-corrected chi connectivity index (χ0v) is 14.6. The fraction of sp³-hybridized carbons (Fsp3) is 0.529. The molecule has 1 aromatic heterocycles. The number of likely N-dealkylation sites (tertiary alicyclic amines) is 1. The van der Waals surface area contributed by atoms with Crippen LogP contribution in [0.3, 0.4) is 0 Å². The van der Waals surface area contributed by atoms with E-state index in [1.807, 2.05) is 0 Å². The lowest BCUT2D eigenvalue weighted by Gasteiger charge is -2.23. The van der Waals surface area contributed by atoms with E-state index in [-0.39, 0.29) is 0 Å². The maximum absolute atomic E-state index is 5.42. The van der Waals surface area contributed by atoms with Crippen molar-refractivity contribution in [3.8, 4) is 0 Å². The van der Waals surface area contributed by atoms with Gasteiger partial charge in [0.25, 0.3) is 0 Å². The molecule has 1 atom stereocenters. The van der Waals surface area contributed by atoms with Crippen LogP contribution in [0.15, 0.2) is 33.3 Å². The van der Waals surface area contributed by atoms with Gasteiger partial charge in [0.15, 0.2) is 5.82 Å². The molecule has 2 heterocycles. The quantitative estimate of drug-likeness (QED) is 0.756. The van der Waals surface area contributed by atoms with Crippen molar-refractivity contribution in [2.24, 2.45) is 0 Å². The molecule has 0 radical (unpaired) electrons. The fourth-order valence-electron chi connectivity index (χ4n) is 3.07. The van der Waals surface area contributed by atoms with E-state index in [0.29, 0.717) is 6.04 Å². The van der Waals surface area contributed by atoms with Gasteiger partial charge in [-0.05, 0) is 43.5 Å². The Labute approximate surface area is 140 Å². The molecule has 0 aliphatic carbocycles. The number of hydrogen-bond acceptors (Lipinski definition) is 4. The van der Waals surface area contributed by atoms with Crippen molar-refractivity contribution in [3.63, 3.8) is 0 Å². The molecule has 118 valence electrons. The van der Waals surface area contributed by atoms with E-state index in [2.05, 4.69) is 62.2 Å². The van der Waals surface area contributed by atoms with Gasteiger partial charge in [0, 0.05) is 16.9 Å². The number of benzene rings is 1. The predicted octanol–water partition coefficient (Wildman–Crippen LogP) is 4.51. The van der Waals surface area contributed by atoms with Gasteiger partial charge in [0.1, 0.15) is 0 Å². The molecule has 3 rings (SSSR count). The number of hydrogen-bond donors (Lipinski definition) is 0. The first-order valence-corrected chi connectivity index (χ1v) is 8.86. The minimum Gasteiger partial charge on any atom is -0.338 e. The monoisotopic (exact) mass is 363 g/mol. The molecular formula is C17H22BrN3O. The molecule has 1 aromatic carbocycles. The van der Waals surface area contributed by atoms with Crippen LogP contribution in [0.25, 0.3) is 0 Å². The number of nitrogens with zero attached hydrogens (tertiary/aromatic N) is 3. The van der Waals surface area contributed by atoms with Crippen LogP contribution in [0.2, 0.25) is 0 Å². The Morgan fingerprint density at radius 2 is 2.32 bits per heavy atom. The van der Waals surface area contributed by atoms with Crippen LogP contribution in [-0.4, -0.2) is 21.6 Å². The van der Waals surface area contributed by atoms with E-state index in [1.165, 1.54) is 18.4 Å². The van der Waals surface area contributed by atoms with Crippen molar-refractivity contribution in [2.75, 3.05) is 6.54 Å². The summed E-state index contributed by atoms with van der Waals surface area (Å²) in [7, 11) is 0. The molecule has 1 fully saturated rings. The second-order valence-electron chi connectivity index (χ2n) is 5.89. The van der Waals surface area contributed by atoms with Crippen LogP contribution >= 0.6 is 15.9 Å². The first kappa shape index (κ1) is 15.7. The number of aromatic nitrogens is 2. The van der Waals surface area contributed by atoms with E-state index < -0.39 is 0 Å². The zero-order valence-electron chi connectivity index (χ0n) is 13.0. The Kier molecular flexibility index (Phi) is 5.26.